The Morgan fingerprint density at radius 3 is 2.21 bits per heavy atom. The van der Waals surface area contributed by atoms with Gasteiger partial charge in [-0.1, -0.05) is 23.7 Å². The van der Waals surface area contributed by atoms with E-state index in [9.17, 15) is 13.2 Å². The number of sulfonamides is 1. The quantitative estimate of drug-likeness (QED) is 0.719. The van der Waals surface area contributed by atoms with E-state index in [1.165, 1.54) is 4.31 Å². The number of benzene rings is 1. The van der Waals surface area contributed by atoms with Crippen LogP contribution in [-0.2, 0) is 21.2 Å². The summed E-state index contributed by atoms with van der Waals surface area (Å²) in [4.78, 5) is 14.6. The topological polar surface area (TPSA) is 75.5 Å². The van der Waals surface area contributed by atoms with Gasteiger partial charge in [0.25, 0.3) is 0 Å². The molecule has 2 heterocycles. The van der Waals surface area contributed by atoms with E-state index in [0.717, 1.165) is 5.56 Å². The van der Waals surface area contributed by atoms with E-state index in [2.05, 4.69) is 5.10 Å². The first kappa shape index (κ1) is 21.8. The lowest BCUT2D eigenvalue weighted by molar-refractivity contribution is -0.131. The van der Waals surface area contributed by atoms with Crippen molar-refractivity contribution in [1.29, 1.82) is 0 Å². The van der Waals surface area contributed by atoms with Crippen LogP contribution in [0.25, 0.3) is 0 Å². The second kappa shape index (κ2) is 8.45. The molecule has 0 N–H and O–H groups in total. The number of hydrogen-bond donors (Lipinski definition) is 0. The number of nitrogens with zero attached hydrogens (tertiary/aromatic N) is 4. The van der Waals surface area contributed by atoms with Crippen LogP contribution in [0.3, 0.4) is 0 Å². The Morgan fingerprint density at radius 1 is 1.10 bits per heavy atom. The summed E-state index contributed by atoms with van der Waals surface area (Å²) in [6.45, 7) is 8.77. The van der Waals surface area contributed by atoms with Crippen molar-refractivity contribution in [2.45, 2.75) is 45.1 Å². The Bertz CT molecular complexity index is 991. The molecule has 1 aliphatic rings. The number of amides is 1. The number of halogens is 1. The van der Waals surface area contributed by atoms with Gasteiger partial charge in [0, 0.05) is 37.2 Å². The second-order valence-corrected chi connectivity index (χ2v) is 9.94. The maximum Gasteiger partial charge on any atom is 0.246 e. The van der Waals surface area contributed by atoms with Gasteiger partial charge < -0.3 is 4.90 Å². The van der Waals surface area contributed by atoms with Crippen molar-refractivity contribution < 1.29 is 13.2 Å². The Hall–Kier alpha value is -1.90. The SMILES string of the molecule is Cc1nn(C(C)C)c(C)c1S(=O)(=O)N1CCN(C(=O)Cc2ccc(Cl)cc2)CC1. The number of aromatic nitrogens is 2. The van der Waals surface area contributed by atoms with E-state index in [0.29, 0.717) is 29.5 Å². The van der Waals surface area contributed by atoms with Crippen molar-refractivity contribution in [2.24, 2.45) is 0 Å². The van der Waals surface area contributed by atoms with E-state index in [1.807, 2.05) is 26.0 Å². The van der Waals surface area contributed by atoms with Crippen LogP contribution in [0.5, 0.6) is 0 Å². The second-order valence-electron chi connectivity index (χ2n) is 7.63. The molecule has 0 spiro atoms. The van der Waals surface area contributed by atoms with Crippen LogP contribution in [0.1, 0.15) is 36.8 Å². The number of piperazine rings is 1. The van der Waals surface area contributed by atoms with Crippen LogP contribution in [0.15, 0.2) is 29.2 Å². The molecule has 1 fully saturated rings. The summed E-state index contributed by atoms with van der Waals surface area (Å²) in [5, 5.41) is 5.03. The zero-order valence-corrected chi connectivity index (χ0v) is 18.8. The molecule has 0 unspecified atom stereocenters. The highest BCUT2D eigenvalue weighted by atomic mass is 35.5. The molecule has 3 rings (SSSR count). The molecular formula is C20H27ClN4O3S. The van der Waals surface area contributed by atoms with Gasteiger partial charge in [0.15, 0.2) is 0 Å². The Balaban J connectivity index is 1.68. The molecule has 1 amide bonds. The van der Waals surface area contributed by atoms with Crippen molar-refractivity contribution in [3.05, 3.63) is 46.2 Å². The third-order valence-corrected chi connectivity index (χ3v) is 7.61. The molecule has 158 valence electrons. The summed E-state index contributed by atoms with van der Waals surface area (Å²) in [6, 6.07) is 7.27. The third kappa shape index (κ3) is 4.49. The molecule has 1 aliphatic heterocycles. The first-order valence-electron chi connectivity index (χ1n) is 9.69. The summed E-state index contributed by atoms with van der Waals surface area (Å²) in [5.41, 5.74) is 2.05. The van der Waals surface area contributed by atoms with E-state index >= 15 is 0 Å². The average molecular weight is 439 g/mol. The molecule has 0 saturated carbocycles. The maximum atomic E-state index is 13.2. The predicted molar refractivity (Wildman–Crippen MR) is 113 cm³/mol. The highest BCUT2D eigenvalue weighted by Gasteiger charge is 2.34. The molecule has 0 radical (unpaired) electrons. The van der Waals surface area contributed by atoms with E-state index in [1.54, 1.807) is 35.6 Å². The van der Waals surface area contributed by atoms with Crippen molar-refractivity contribution in [3.8, 4) is 0 Å². The molecule has 1 aromatic carbocycles. The normalized spacial score (nSPS) is 15.9. The molecule has 9 heteroatoms. The van der Waals surface area contributed by atoms with Gasteiger partial charge in [-0.25, -0.2) is 8.42 Å². The van der Waals surface area contributed by atoms with Crippen molar-refractivity contribution in [1.82, 2.24) is 19.0 Å². The molecular weight excluding hydrogens is 412 g/mol. The lowest BCUT2D eigenvalue weighted by Gasteiger charge is -2.34. The highest BCUT2D eigenvalue weighted by molar-refractivity contribution is 7.89. The monoisotopic (exact) mass is 438 g/mol. The molecule has 7 nitrogen and oxygen atoms in total. The van der Waals surface area contributed by atoms with Crippen LogP contribution >= 0.6 is 11.6 Å². The largest absolute Gasteiger partial charge is 0.340 e. The van der Waals surface area contributed by atoms with Gasteiger partial charge in [0.2, 0.25) is 15.9 Å². The van der Waals surface area contributed by atoms with Gasteiger partial charge in [0.05, 0.1) is 17.8 Å². The van der Waals surface area contributed by atoms with Gasteiger partial charge in [-0.05, 0) is 45.4 Å². The number of carbonyl (C=O) groups is 1. The summed E-state index contributed by atoms with van der Waals surface area (Å²) in [5.74, 6) is -0.00985. The zero-order valence-electron chi connectivity index (χ0n) is 17.2. The zero-order chi connectivity index (χ0) is 21.3. The van der Waals surface area contributed by atoms with Gasteiger partial charge in [-0.3, -0.25) is 9.48 Å². The average Bonchev–Trinajstić information content (AvgIpc) is 2.98. The maximum absolute atomic E-state index is 13.2. The van der Waals surface area contributed by atoms with Gasteiger partial charge in [-0.15, -0.1) is 0 Å². The lowest BCUT2D eigenvalue weighted by atomic mass is 10.1. The molecule has 0 atom stereocenters. The minimum atomic E-state index is -3.65. The smallest absolute Gasteiger partial charge is 0.246 e. The summed E-state index contributed by atoms with van der Waals surface area (Å²) in [7, 11) is -3.65. The molecule has 1 saturated heterocycles. The molecule has 0 aliphatic carbocycles. The Morgan fingerprint density at radius 2 is 1.69 bits per heavy atom. The first-order valence-corrected chi connectivity index (χ1v) is 11.5. The predicted octanol–water partition coefficient (Wildman–Crippen LogP) is 2.81. The standard InChI is InChI=1S/C20H27ClN4O3S/c1-14(2)25-16(4)20(15(3)22-25)29(27,28)24-11-9-23(10-12-24)19(26)13-17-5-7-18(21)8-6-17/h5-8,14H,9-13H2,1-4H3. The fourth-order valence-electron chi connectivity index (χ4n) is 3.72. The van der Waals surface area contributed by atoms with E-state index in [4.69, 9.17) is 11.6 Å². The third-order valence-electron chi connectivity index (χ3n) is 5.21. The fourth-order valence-corrected chi connectivity index (χ4v) is 5.63. The molecule has 29 heavy (non-hydrogen) atoms. The molecule has 2 aromatic rings. The Kier molecular flexibility index (Phi) is 6.36. The van der Waals surface area contributed by atoms with Crippen LogP contribution in [0.2, 0.25) is 5.02 Å². The van der Waals surface area contributed by atoms with Crippen LogP contribution < -0.4 is 0 Å². The summed E-state index contributed by atoms with van der Waals surface area (Å²) >= 11 is 5.88. The number of rotatable bonds is 5. The fraction of sp³-hybridized carbons (Fsp3) is 0.500. The van der Waals surface area contributed by atoms with E-state index < -0.39 is 10.0 Å². The number of aryl methyl sites for hydroxylation is 1. The molecule has 0 bridgehead atoms. The van der Waals surface area contributed by atoms with Gasteiger partial charge in [-0.2, -0.15) is 9.40 Å². The van der Waals surface area contributed by atoms with Crippen molar-refractivity contribution >= 4 is 27.5 Å². The first-order chi connectivity index (χ1) is 13.6. The minimum Gasteiger partial charge on any atom is -0.340 e. The summed E-state index contributed by atoms with van der Waals surface area (Å²) in [6.07, 6.45) is 0.281. The van der Waals surface area contributed by atoms with Crippen molar-refractivity contribution in [2.75, 3.05) is 26.2 Å². The summed E-state index contributed by atoms with van der Waals surface area (Å²) < 4.78 is 29.6. The lowest BCUT2D eigenvalue weighted by Crippen LogP contribution is -2.51. The molecule has 1 aromatic heterocycles. The number of carbonyl (C=O) groups excluding carboxylic acids is 1. The van der Waals surface area contributed by atoms with Crippen LogP contribution in [-0.4, -0.2) is 59.5 Å². The van der Waals surface area contributed by atoms with E-state index in [-0.39, 0.29) is 36.4 Å². The van der Waals surface area contributed by atoms with Crippen LogP contribution in [0.4, 0.5) is 0 Å². The van der Waals surface area contributed by atoms with Gasteiger partial charge in [0.1, 0.15) is 4.90 Å². The number of hydrogen-bond acceptors (Lipinski definition) is 4. The van der Waals surface area contributed by atoms with Crippen LogP contribution in [0, 0.1) is 13.8 Å². The minimum absolute atomic E-state index is 0.00985. The highest BCUT2D eigenvalue weighted by Crippen LogP contribution is 2.26. The van der Waals surface area contributed by atoms with Gasteiger partial charge >= 0.3 is 0 Å². The van der Waals surface area contributed by atoms with Crippen molar-refractivity contribution in [3.63, 3.8) is 0 Å². The Labute approximate surface area is 177 Å².